The van der Waals surface area contributed by atoms with E-state index in [0.717, 1.165) is 37.6 Å². The fraction of sp³-hybridized carbons (Fsp3) is 0.571. The Labute approximate surface area is 125 Å². The minimum Gasteiger partial charge on any atom is -0.369 e. The molecule has 0 aromatic carbocycles. The summed E-state index contributed by atoms with van der Waals surface area (Å²) in [6.07, 6.45) is 6.03. The Balaban J connectivity index is 1.95. The molecular formula is C14H20N4O2S. The molecule has 1 aliphatic carbocycles. The highest BCUT2D eigenvalue weighted by atomic mass is 32.2. The van der Waals surface area contributed by atoms with Crippen LogP contribution >= 0.6 is 0 Å². The average molecular weight is 308 g/mol. The number of nitrogens with zero attached hydrogens (tertiary/aromatic N) is 2. The van der Waals surface area contributed by atoms with Crippen LogP contribution in [0.3, 0.4) is 0 Å². The third-order valence-electron chi connectivity index (χ3n) is 3.43. The van der Waals surface area contributed by atoms with Crippen LogP contribution in [0.4, 0.5) is 5.82 Å². The predicted octanol–water partition coefficient (Wildman–Crippen LogP) is 1.18. The first-order chi connectivity index (χ1) is 9.99. The first kappa shape index (κ1) is 15.7. The van der Waals surface area contributed by atoms with Crippen LogP contribution in [0.15, 0.2) is 6.07 Å². The van der Waals surface area contributed by atoms with Crippen molar-refractivity contribution in [1.82, 2.24) is 9.71 Å². The van der Waals surface area contributed by atoms with E-state index in [9.17, 15) is 13.7 Å². The standard InChI is InChI=1S/C14H20N4O2S/c1-21(19,20)17-8-4-7-16-14-12(10-15)9-11-5-2-3-6-13(11)18-14/h9,17H,2-8H2,1H3,(H,16,18). The van der Waals surface area contributed by atoms with Crippen molar-refractivity contribution in [3.05, 3.63) is 22.9 Å². The molecule has 0 radical (unpaired) electrons. The van der Waals surface area contributed by atoms with E-state index in [2.05, 4.69) is 21.1 Å². The lowest BCUT2D eigenvalue weighted by atomic mass is 9.95. The number of rotatable bonds is 6. The lowest BCUT2D eigenvalue weighted by Crippen LogP contribution is -2.24. The SMILES string of the molecule is CS(=O)(=O)NCCCNc1nc2c(cc1C#N)CCCC2. The molecule has 0 bridgehead atoms. The Morgan fingerprint density at radius 1 is 1.33 bits per heavy atom. The van der Waals surface area contributed by atoms with Gasteiger partial charge in [-0.1, -0.05) is 0 Å². The second-order valence-electron chi connectivity index (χ2n) is 5.26. The monoisotopic (exact) mass is 308 g/mol. The zero-order valence-corrected chi connectivity index (χ0v) is 13.0. The molecule has 0 spiro atoms. The van der Waals surface area contributed by atoms with Crippen LogP contribution in [0, 0.1) is 11.3 Å². The van der Waals surface area contributed by atoms with Crippen molar-refractivity contribution in [2.24, 2.45) is 0 Å². The molecule has 0 saturated heterocycles. The van der Waals surface area contributed by atoms with Crippen molar-refractivity contribution in [3.63, 3.8) is 0 Å². The summed E-state index contributed by atoms with van der Waals surface area (Å²) in [4.78, 5) is 4.56. The van der Waals surface area contributed by atoms with Crippen molar-refractivity contribution < 1.29 is 8.42 Å². The maximum absolute atomic E-state index is 10.9. The number of aromatic nitrogens is 1. The van der Waals surface area contributed by atoms with Gasteiger partial charge in [-0.3, -0.25) is 0 Å². The van der Waals surface area contributed by atoms with E-state index in [1.807, 2.05) is 6.07 Å². The van der Waals surface area contributed by atoms with Crippen molar-refractivity contribution in [1.29, 1.82) is 5.26 Å². The third kappa shape index (κ3) is 4.69. The smallest absolute Gasteiger partial charge is 0.208 e. The summed E-state index contributed by atoms with van der Waals surface area (Å²) in [5, 5.41) is 12.3. The minimum absolute atomic E-state index is 0.374. The van der Waals surface area contributed by atoms with E-state index in [4.69, 9.17) is 0 Å². The number of sulfonamides is 1. The second kappa shape index (κ2) is 6.87. The van der Waals surface area contributed by atoms with Crippen LogP contribution in [-0.4, -0.2) is 32.7 Å². The van der Waals surface area contributed by atoms with Gasteiger partial charge >= 0.3 is 0 Å². The molecule has 0 atom stereocenters. The zero-order valence-electron chi connectivity index (χ0n) is 12.1. The summed E-state index contributed by atoms with van der Waals surface area (Å²) in [5.74, 6) is 0.609. The van der Waals surface area contributed by atoms with Crippen LogP contribution < -0.4 is 10.0 Å². The average Bonchev–Trinajstić information content (AvgIpc) is 2.44. The van der Waals surface area contributed by atoms with Gasteiger partial charge in [0.05, 0.1) is 11.8 Å². The lowest BCUT2D eigenvalue weighted by molar-refractivity contribution is 0.586. The van der Waals surface area contributed by atoms with Gasteiger partial charge in [-0.2, -0.15) is 5.26 Å². The van der Waals surface area contributed by atoms with Crippen LogP contribution in [0.2, 0.25) is 0 Å². The molecule has 7 heteroatoms. The van der Waals surface area contributed by atoms with Crippen molar-refractivity contribution >= 4 is 15.8 Å². The second-order valence-corrected chi connectivity index (χ2v) is 7.09. The zero-order chi connectivity index (χ0) is 15.3. The molecule has 1 aliphatic rings. The number of pyridine rings is 1. The summed E-state index contributed by atoms with van der Waals surface area (Å²) in [6, 6.07) is 4.10. The summed E-state index contributed by atoms with van der Waals surface area (Å²) in [5.41, 5.74) is 2.82. The highest BCUT2D eigenvalue weighted by Gasteiger charge is 2.14. The van der Waals surface area contributed by atoms with Gasteiger partial charge in [-0.25, -0.2) is 18.1 Å². The molecule has 1 aromatic heterocycles. The number of anilines is 1. The number of aryl methyl sites for hydroxylation is 2. The van der Waals surface area contributed by atoms with E-state index >= 15 is 0 Å². The van der Waals surface area contributed by atoms with E-state index in [1.54, 1.807) is 0 Å². The van der Waals surface area contributed by atoms with Crippen molar-refractivity contribution in [2.45, 2.75) is 32.1 Å². The highest BCUT2D eigenvalue weighted by molar-refractivity contribution is 7.88. The largest absolute Gasteiger partial charge is 0.369 e. The molecular weight excluding hydrogens is 288 g/mol. The summed E-state index contributed by atoms with van der Waals surface area (Å²) in [7, 11) is -3.14. The maximum Gasteiger partial charge on any atom is 0.208 e. The van der Waals surface area contributed by atoms with Gasteiger partial charge in [0.2, 0.25) is 10.0 Å². The molecule has 0 amide bonds. The van der Waals surface area contributed by atoms with E-state index < -0.39 is 10.0 Å². The number of nitriles is 1. The van der Waals surface area contributed by atoms with E-state index in [1.165, 1.54) is 5.56 Å². The van der Waals surface area contributed by atoms with Crippen molar-refractivity contribution in [3.8, 4) is 6.07 Å². The molecule has 0 aliphatic heterocycles. The fourth-order valence-electron chi connectivity index (χ4n) is 2.41. The van der Waals surface area contributed by atoms with Crippen LogP contribution in [-0.2, 0) is 22.9 Å². The van der Waals surface area contributed by atoms with Gasteiger partial charge in [0, 0.05) is 18.8 Å². The third-order valence-corrected chi connectivity index (χ3v) is 4.16. The first-order valence-electron chi connectivity index (χ1n) is 7.11. The molecule has 114 valence electrons. The van der Waals surface area contributed by atoms with Gasteiger partial charge in [-0.05, 0) is 43.7 Å². The maximum atomic E-state index is 10.9. The summed E-state index contributed by atoms with van der Waals surface area (Å²) < 4.78 is 24.3. The first-order valence-corrected chi connectivity index (χ1v) is 9.00. The molecule has 2 rings (SSSR count). The highest BCUT2D eigenvalue weighted by Crippen LogP contribution is 2.24. The van der Waals surface area contributed by atoms with Gasteiger partial charge in [0.25, 0.3) is 0 Å². The lowest BCUT2D eigenvalue weighted by Gasteiger charge is -2.17. The minimum atomic E-state index is -3.14. The van der Waals surface area contributed by atoms with E-state index in [0.29, 0.717) is 30.9 Å². The van der Waals surface area contributed by atoms with Gasteiger partial charge in [0.1, 0.15) is 11.9 Å². The number of nitrogens with one attached hydrogen (secondary N) is 2. The Bertz CT molecular complexity index is 650. The van der Waals surface area contributed by atoms with E-state index in [-0.39, 0.29) is 0 Å². The summed E-state index contributed by atoms with van der Waals surface area (Å²) >= 11 is 0. The normalized spacial score (nSPS) is 14.3. The Morgan fingerprint density at radius 2 is 2.10 bits per heavy atom. The molecule has 1 aromatic rings. The molecule has 0 unspecified atom stereocenters. The molecule has 1 heterocycles. The topological polar surface area (TPSA) is 94.9 Å². The number of hydrogen-bond acceptors (Lipinski definition) is 5. The quantitative estimate of drug-likeness (QED) is 0.770. The number of fused-ring (bicyclic) bond motifs is 1. The fourth-order valence-corrected chi connectivity index (χ4v) is 2.92. The van der Waals surface area contributed by atoms with Gasteiger partial charge < -0.3 is 5.32 Å². The molecule has 0 saturated carbocycles. The predicted molar refractivity (Wildman–Crippen MR) is 81.5 cm³/mol. The Hall–Kier alpha value is -1.65. The Morgan fingerprint density at radius 3 is 2.81 bits per heavy atom. The van der Waals surface area contributed by atoms with Crippen LogP contribution in [0.1, 0.15) is 36.1 Å². The number of hydrogen-bond donors (Lipinski definition) is 2. The van der Waals surface area contributed by atoms with Crippen molar-refractivity contribution in [2.75, 3.05) is 24.7 Å². The molecule has 2 N–H and O–H groups in total. The molecule has 21 heavy (non-hydrogen) atoms. The molecule has 6 nitrogen and oxygen atoms in total. The van der Waals surface area contributed by atoms with Gasteiger partial charge in [-0.15, -0.1) is 0 Å². The Kier molecular flexibility index (Phi) is 5.15. The molecule has 0 fully saturated rings. The van der Waals surface area contributed by atoms with Crippen LogP contribution in [0.25, 0.3) is 0 Å². The summed E-state index contributed by atoms with van der Waals surface area (Å²) in [6.45, 7) is 0.946. The van der Waals surface area contributed by atoms with Crippen LogP contribution in [0.5, 0.6) is 0 Å². The van der Waals surface area contributed by atoms with Gasteiger partial charge in [0.15, 0.2) is 0 Å².